The van der Waals surface area contributed by atoms with Crippen molar-refractivity contribution in [3.05, 3.63) is 65.5 Å². The van der Waals surface area contributed by atoms with E-state index in [0.29, 0.717) is 13.0 Å². The number of rotatable bonds is 6. The second kappa shape index (κ2) is 8.91. The molecule has 1 N–H and O–H groups in total. The zero-order valence-corrected chi connectivity index (χ0v) is 20.3. The quantitative estimate of drug-likeness (QED) is 0.506. The van der Waals surface area contributed by atoms with Crippen molar-refractivity contribution in [3.8, 4) is 22.5 Å². The monoisotopic (exact) mass is 483 g/mol. The summed E-state index contributed by atoms with van der Waals surface area (Å²) in [4.78, 5) is 0. The van der Waals surface area contributed by atoms with Crippen LogP contribution in [-0.2, 0) is 30.2 Å². The molecule has 0 unspecified atom stereocenters. The van der Waals surface area contributed by atoms with Gasteiger partial charge in [-0.25, -0.2) is 4.39 Å². The molecule has 0 radical (unpaired) electrons. The van der Waals surface area contributed by atoms with E-state index < -0.39 is 10.3 Å². The normalized spacial score (nSPS) is 22.1. The van der Waals surface area contributed by atoms with Crippen LogP contribution in [0.2, 0.25) is 0 Å². The van der Waals surface area contributed by atoms with E-state index in [-0.39, 0.29) is 23.7 Å². The molecule has 8 heteroatoms. The molecule has 2 aliphatic carbocycles. The van der Waals surface area contributed by atoms with E-state index in [1.54, 1.807) is 16.8 Å². The highest BCUT2D eigenvalue weighted by Gasteiger charge is 2.45. The van der Waals surface area contributed by atoms with Crippen LogP contribution in [0.5, 0.6) is 0 Å². The third kappa shape index (κ3) is 4.30. The third-order valence-electron chi connectivity index (χ3n) is 7.43. The summed E-state index contributed by atoms with van der Waals surface area (Å²) in [6, 6.07) is 14.7. The zero-order valence-electron chi connectivity index (χ0n) is 19.5. The van der Waals surface area contributed by atoms with Crippen molar-refractivity contribution < 1.29 is 17.4 Å². The van der Waals surface area contributed by atoms with Crippen LogP contribution in [0, 0.1) is 17.7 Å². The van der Waals surface area contributed by atoms with Gasteiger partial charge in [0.2, 0.25) is 0 Å². The lowest BCUT2D eigenvalue weighted by Crippen LogP contribution is -2.46. The van der Waals surface area contributed by atoms with Gasteiger partial charge in [-0.05, 0) is 97.0 Å². The number of fused-ring (bicyclic) bond motifs is 3. The summed E-state index contributed by atoms with van der Waals surface area (Å²) in [7, 11) is -2.36. The molecule has 180 valence electrons. The first-order valence-electron chi connectivity index (χ1n) is 11.9. The molecule has 1 heterocycles. The molecule has 0 amide bonds. The Morgan fingerprint density at radius 2 is 1.68 bits per heavy atom. The van der Waals surface area contributed by atoms with Gasteiger partial charge in [-0.15, -0.1) is 0 Å². The first-order valence-corrected chi connectivity index (χ1v) is 13.3. The highest BCUT2D eigenvalue weighted by molar-refractivity contribution is 7.83. The molecular weight excluding hydrogens is 453 g/mol. The van der Waals surface area contributed by atoms with Crippen molar-refractivity contribution in [2.75, 3.05) is 6.54 Å². The van der Waals surface area contributed by atoms with Crippen molar-refractivity contribution in [2.24, 2.45) is 18.9 Å². The summed E-state index contributed by atoms with van der Waals surface area (Å²) < 4.78 is 50.8. The molecule has 0 saturated heterocycles. The summed E-state index contributed by atoms with van der Waals surface area (Å²) in [6.07, 6.45) is 4.22. The smallest absolute Gasteiger partial charge is 0.273 e. The fourth-order valence-corrected chi connectivity index (χ4v) is 7.01. The molecular formula is C26H30FN3O3S. The Balaban J connectivity index is 1.46. The lowest BCUT2D eigenvalue weighted by atomic mass is 9.91. The van der Waals surface area contributed by atoms with Crippen LogP contribution in [0.15, 0.2) is 48.5 Å². The number of nitrogens with zero attached hydrogens (tertiary/aromatic N) is 3. The summed E-state index contributed by atoms with van der Waals surface area (Å²) >= 11 is 0. The van der Waals surface area contributed by atoms with E-state index in [2.05, 4.69) is 18.2 Å². The van der Waals surface area contributed by atoms with Crippen LogP contribution in [0.3, 0.4) is 0 Å². The van der Waals surface area contributed by atoms with Crippen molar-refractivity contribution in [3.63, 3.8) is 0 Å². The molecule has 1 aromatic heterocycles. The number of benzene rings is 2. The van der Waals surface area contributed by atoms with E-state index in [9.17, 15) is 17.4 Å². The molecule has 1 saturated carbocycles. The van der Waals surface area contributed by atoms with E-state index in [4.69, 9.17) is 5.10 Å². The summed E-state index contributed by atoms with van der Waals surface area (Å²) in [5.74, 6) is 0.134. The highest BCUT2D eigenvalue weighted by atomic mass is 32.2. The van der Waals surface area contributed by atoms with Gasteiger partial charge < -0.3 is 0 Å². The van der Waals surface area contributed by atoms with Crippen LogP contribution in [0.4, 0.5) is 4.39 Å². The first kappa shape index (κ1) is 23.2. The Morgan fingerprint density at radius 3 is 2.32 bits per heavy atom. The van der Waals surface area contributed by atoms with E-state index in [1.165, 1.54) is 27.6 Å². The minimum atomic E-state index is -4.24. The largest absolute Gasteiger partial charge is 0.336 e. The lowest BCUT2D eigenvalue weighted by molar-refractivity contribution is 0.203. The Morgan fingerprint density at radius 1 is 1.03 bits per heavy atom. The van der Waals surface area contributed by atoms with Crippen LogP contribution in [0.1, 0.15) is 37.3 Å². The van der Waals surface area contributed by atoms with Gasteiger partial charge >= 0.3 is 10.3 Å². The van der Waals surface area contributed by atoms with Gasteiger partial charge in [0, 0.05) is 25.2 Å². The van der Waals surface area contributed by atoms with Crippen LogP contribution in [0.25, 0.3) is 22.5 Å². The fraction of sp³-hybridized carbons (Fsp3) is 0.423. The molecule has 6 nitrogen and oxygen atoms in total. The zero-order chi connectivity index (χ0) is 24.0. The maximum atomic E-state index is 13.3. The molecule has 1 fully saturated rings. The van der Waals surface area contributed by atoms with Crippen molar-refractivity contribution in [1.82, 2.24) is 14.1 Å². The van der Waals surface area contributed by atoms with E-state index in [0.717, 1.165) is 48.2 Å². The number of hydrogen-bond acceptors (Lipinski definition) is 3. The fourth-order valence-electron chi connectivity index (χ4n) is 5.95. The molecule has 3 atom stereocenters. The van der Waals surface area contributed by atoms with Crippen molar-refractivity contribution in [2.45, 2.75) is 45.1 Å². The number of hydrogen-bond donors (Lipinski definition) is 1. The average molecular weight is 484 g/mol. The molecule has 0 aliphatic heterocycles. The van der Waals surface area contributed by atoms with Gasteiger partial charge in [0.05, 0.1) is 11.4 Å². The summed E-state index contributed by atoms with van der Waals surface area (Å²) in [5.41, 5.74) is 6.16. The summed E-state index contributed by atoms with van der Waals surface area (Å²) in [5, 5.41) is 4.70. The minimum Gasteiger partial charge on any atom is -0.273 e. The van der Waals surface area contributed by atoms with Gasteiger partial charge in [-0.1, -0.05) is 19.1 Å². The molecule has 2 aromatic carbocycles. The predicted molar refractivity (Wildman–Crippen MR) is 130 cm³/mol. The molecule has 34 heavy (non-hydrogen) atoms. The number of aromatic nitrogens is 2. The molecule has 0 spiro atoms. The van der Waals surface area contributed by atoms with Crippen LogP contribution in [-0.4, -0.2) is 39.6 Å². The number of halogens is 1. The second-order valence-electron chi connectivity index (χ2n) is 9.61. The van der Waals surface area contributed by atoms with Gasteiger partial charge in [0.15, 0.2) is 0 Å². The van der Waals surface area contributed by atoms with Gasteiger partial charge in [-0.3, -0.25) is 9.23 Å². The standard InChI is InChI=1S/C26H30FN3O3S/c1-3-12-30(34(31,32)33)26-20-6-7-21(26)15-22-14-19(5-4-18(22)13-20)24-16-25(29(2)28-24)17-8-10-23(27)11-9-17/h4-5,8-11,14,16,20-21,26H,3,6-7,12-13,15H2,1-2H3,(H,31,32,33)/t20-,21+,26+/m0/s1. The van der Waals surface area contributed by atoms with Crippen LogP contribution >= 0.6 is 0 Å². The maximum Gasteiger partial charge on any atom is 0.336 e. The lowest BCUT2D eigenvalue weighted by Gasteiger charge is -2.32. The molecule has 5 rings (SSSR count). The Hall–Kier alpha value is -2.55. The Bertz CT molecular complexity index is 1300. The topological polar surface area (TPSA) is 75.4 Å². The second-order valence-corrected chi connectivity index (χ2v) is 11.0. The van der Waals surface area contributed by atoms with Crippen molar-refractivity contribution in [1.29, 1.82) is 0 Å². The van der Waals surface area contributed by atoms with Gasteiger partial charge in [0.1, 0.15) is 5.82 Å². The molecule has 2 bridgehead atoms. The van der Waals surface area contributed by atoms with E-state index in [1.807, 2.05) is 20.0 Å². The maximum absolute atomic E-state index is 13.3. The van der Waals surface area contributed by atoms with Gasteiger partial charge in [0.25, 0.3) is 0 Å². The van der Waals surface area contributed by atoms with E-state index >= 15 is 0 Å². The van der Waals surface area contributed by atoms with Crippen LogP contribution < -0.4 is 0 Å². The Kier molecular flexibility index (Phi) is 6.08. The first-order chi connectivity index (χ1) is 16.2. The summed E-state index contributed by atoms with van der Waals surface area (Å²) in [6.45, 7) is 2.28. The predicted octanol–water partition coefficient (Wildman–Crippen LogP) is 4.90. The van der Waals surface area contributed by atoms with Gasteiger partial charge in [-0.2, -0.15) is 17.8 Å². The SMILES string of the molecule is CCCN([C@H]1[C@@H]2CC[C@H]1Cc1ccc(-c3cc(-c4ccc(F)cc4)n(C)n3)cc1C2)S(=O)(=O)O. The minimum absolute atomic E-state index is 0.161. The average Bonchev–Trinajstić information content (AvgIpc) is 3.30. The molecule has 3 aromatic rings. The number of aryl methyl sites for hydroxylation is 1. The Labute approximate surface area is 200 Å². The highest BCUT2D eigenvalue weighted by Crippen LogP contribution is 2.44. The van der Waals surface area contributed by atoms with Crippen molar-refractivity contribution >= 4 is 10.3 Å². The molecule has 2 aliphatic rings. The third-order valence-corrected chi connectivity index (χ3v) is 8.45.